The van der Waals surface area contributed by atoms with Gasteiger partial charge in [0.2, 0.25) is 0 Å². The van der Waals surface area contributed by atoms with Crippen molar-refractivity contribution < 1.29 is 18.3 Å². The van der Waals surface area contributed by atoms with E-state index in [2.05, 4.69) is 4.74 Å². The predicted octanol–water partition coefficient (Wildman–Crippen LogP) is 2.71. The van der Waals surface area contributed by atoms with E-state index < -0.39 is 6.61 Å². The Hall–Kier alpha value is -1.20. The van der Waals surface area contributed by atoms with Gasteiger partial charge < -0.3 is 15.2 Å². The fraction of sp³-hybridized carbons (Fsp3) is 0.538. The molecular weight excluding hydrogens is 240 g/mol. The fourth-order valence-electron chi connectivity index (χ4n) is 2.29. The smallest absolute Gasteiger partial charge is 0.387 e. The maximum atomic E-state index is 12.3. The van der Waals surface area contributed by atoms with E-state index in [-0.39, 0.29) is 17.7 Å². The van der Waals surface area contributed by atoms with E-state index in [9.17, 15) is 8.78 Å². The summed E-state index contributed by atoms with van der Waals surface area (Å²) in [5.74, 6) is 0.424. The summed E-state index contributed by atoms with van der Waals surface area (Å²) in [6, 6.07) is 6.44. The van der Waals surface area contributed by atoms with Crippen LogP contribution in [-0.2, 0) is 4.74 Å². The monoisotopic (exact) mass is 257 g/mol. The molecule has 100 valence electrons. The van der Waals surface area contributed by atoms with Gasteiger partial charge in [-0.1, -0.05) is 18.2 Å². The molecule has 2 rings (SSSR count). The molecule has 1 unspecified atom stereocenters. The van der Waals surface area contributed by atoms with Crippen LogP contribution >= 0.6 is 0 Å². The number of alkyl halides is 2. The van der Waals surface area contributed by atoms with E-state index in [1.807, 2.05) is 0 Å². The first-order chi connectivity index (χ1) is 8.68. The van der Waals surface area contributed by atoms with Crippen LogP contribution in [0, 0.1) is 5.92 Å². The summed E-state index contributed by atoms with van der Waals surface area (Å²) < 4.78 is 34.4. The van der Waals surface area contributed by atoms with Crippen molar-refractivity contribution in [1.82, 2.24) is 0 Å². The lowest BCUT2D eigenvalue weighted by atomic mass is 9.87. The minimum absolute atomic E-state index is 0.173. The maximum Gasteiger partial charge on any atom is 0.387 e. The van der Waals surface area contributed by atoms with Gasteiger partial charge in [0.05, 0.1) is 0 Å². The highest BCUT2D eigenvalue weighted by Crippen LogP contribution is 2.33. The Morgan fingerprint density at radius 2 is 1.89 bits per heavy atom. The van der Waals surface area contributed by atoms with Crippen molar-refractivity contribution in [3.8, 4) is 5.75 Å². The van der Waals surface area contributed by atoms with Crippen LogP contribution in [0.25, 0.3) is 0 Å². The van der Waals surface area contributed by atoms with Crippen molar-refractivity contribution in [2.75, 3.05) is 13.2 Å². The molecule has 0 spiro atoms. The highest BCUT2D eigenvalue weighted by Gasteiger charge is 2.25. The highest BCUT2D eigenvalue weighted by atomic mass is 19.3. The highest BCUT2D eigenvalue weighted by molar-refractivity contribution is 5.36. The minimum Gasteiger partial charge on any atom is -0.434 e. The first-order valence-corrected chi connectivity index (χ1v) is 6.05. The van der Waals surface area contributed by atoms with Crippen molar-refractivity contribution in [3.63, 3.8) is 0 Å². The second-order valence-corrected chi connectivity index (χ2v) is 4.39. The lowest BCUT2D eigenvalue weighted by molar-refractivity contribution is -0.0509. The molecular formula is C13H17F2NO2. The van der Waals surface area contributed by atoms with E-state index in [1.165, 1.54) is 6.07 Å². The molecule has 1 aliphatic heterocycles. The normalized spacial score (nSPS) is 18.9. The molecule has 0 radical (unpaired) electrons. The molecule has 18 heavy (non-hydrogen) atoms. The average molecular weight is 257 g/mol. The molecule has 1 aromatic carbocycles. The van der Waals surface area contributed by atoms with Gasteiger partial charge in [0, 0.05) is 24.8 Å². The number of hydrogen-bond donors (Lipinski definition) is 1. The van der Waals surface area contributed by atoms with E-state index in [1.54, 1.807) is 18.2 Å². The third-order valence-electron chi connectivity index (χ3n) is 3.27. The van der Waals surface area contributed by atoms with Crippen LogP contribution in [0.5, 0.6) is 5.75 Å². The van der Waals surface area contributed by atoms with Gasteiger partial charge in [-0.25, -0.2) is 0 Å². The zero-order chi connectivity index (χ0) is 13.0. The van der Waals surface area contributed by atoms with Crippen LogP contribution in [0.4, 0.5) is 8.78 Å². The number of para-hydroxylation sites is 1. The third-order valence-corrected chi connectivity index (χ3v) is 3.27. The van der Waals surface area contributed by atoms with E-state index >= 15 is 0 Å². The molecule has 5 heteroatoms. The third kappa shape index (κ3) is 3.17. The molecule has 0 aromatic heterocycles. The largest absolute Gasteiger partial charge is 0.434 e. The summed E-state index contributed by atoms with van der Waals surface area (Å²) >= 11 is 0. The molecule has 0 amide bonds. The van der Waals surface area contributed by atoms with E-state index in [0.29, 0.717) is 18.8 Å². The number of ether oxygens (including phenoxy) is 2. The predicted molar refractivity (Wildman–Crippen MR) is 63.5 cm³/mol. The topological polar surface area (TPSA) is 44.5 Å². The Morgan fingerprint density at radius 3 is 2.56 bits per heavy atom. The van der Waals surface area contributed by atoms with Crippen molar-refractivity contribution in [2.24, 2.45) is 11.7 Å². The van der Waals surface area contributed by atoms with Gasteiger partial charge >= 0.3 is 6.61 Å². The number of halogens is 2. The summed E-state index contributed by atoms with van der Waals surface area (Å²) in [6.07, 6.45) is 1.70. The van der Waals surface area contributed by atoms with Crippen molar-refractivity contribution in [2.45, 2.75) is 25.5 Å². The zero-order valence-corrected chi connectivity index (χ0v) is 10.0. The molecule has 1 fully saturated rings. The molecule has 2 N–H and O–H groups in total. The molecule has 1 aliphatic rings. The maximum absolute atomic E-state index is 12.3. The Balaban J connectivity index is 2.15. The fourth-order valence-corrected chi connectivity index (χ4v) is 2.29. The standard InChI is InChI=1S/C13H17F2NO2/c14-13(15)18-11-4-2-1-3-10(11)12(16)9-5-7-17-8-6-9/h1-4,9,12-13H,5-8,16H2. The van der Waals surface area contributed by atoms with Gasteiger partial charge in [-0.05, 0) is 24.8 Å². The summed E-state index contributed by atoms with van der Waals surface area (Å²) in [6.45, 7) is -1.47. The van der Waals surface area contributed by atoms with Crippen LogP contribution in [0.15, 0.2) is 24.3 Å². The SMILES string of the molecule is NC(c1ccccc1OC(F)F)C1CCOCC1. The molecule has 0 bridgehead atoms. The molecule has 1 aromatic rings. The van der Waals surface area contributed by atoms with Crippen LogP contribution in [-0.4, -0.2) is 19.8 Å². The zero-order valence-electron chi connectivity index (χ0n) is 10.0. The summed E-state index contributed by atoms with van der Waals surface area (Å²) in [5, 5.41) is 0. The quantitative estimate of drug-likeness (QED) is 0.902. The summed E-state index contributed by atoms with van der Waals surface area (Å²) in [7, 11) is 0. The molecule has 0 saturated carbocycles. The Kier molecular flexibility index (Phi) is 4.49. The Morgan fingerprint density at radius 1 is 1.22 bits per heavy atom. The minimum atomic E-state index is -2.83. The van der Waals surface area contributed by atoms with E-state index in [4.69, 9.17) is 10.5 Å². The molecule has 3 nitrogen and oxygen atoms in total. The molecule has 0 aliphatic carbocycles. The van der Waals surface area contributed by atoms with Crippen LogP contribution in [0.3, 0.4) is 0 Å². The second kappa shape index (κ2) is 6.11. The number of nitrogens with two attached hydrogens (primary N) is 1. The number of hydrogen-bond acceptors (Lipinski definition) is 3. The van der Waals surface area contributed by atoms with Gasteiger partial charge in [0.15, 0.2) is 0 Å². The van der Waals surface area contributed by atoms with Gasteiger partial charge in [-0.15, -0.1) is 0 Å². The summed E-state index contributed by atoms with van der Waals surface area (Å²) in [5.41, 5.74) is 6.81. The Bertz CT molecular complexity index is 381. The van der Waals surface area contributed by atoms with Gasteiger partial charge in [0.1, 0.15) is 5.75 Å². The summed E-state index contributed by atoms with van der Waals surface area (Å²) in [4.78, 5) is 0. The van der Waals surface area contributed by atoms with Gasteiger partial charge in [0.25, 0.3) is 0 Å². The van der Waals surface area contributed by atoms with Crippen LogP contribution in [0.1, 0.15) is 24.4 Å². The van der Waals surface area contributed by atoms with Crippen molar-refractivity contribution >= 4 is 0 Å². The lowest BCUT2D eigenvalue weighted by Gasteiger charge is -2.28. The van der Waals surface area contributed by atoms with Crippen molar-refractivity contribution in [1.29, 1.82) is 0 Å². The van der Waals surface area contributed by atoms with Gasteiger partial charge in [-0.3, -0.25) is 0 Å². The van der Waals surface area contributed by atoms with E-state index in [0.717, 1.165) is 12.8 Å². The average Bonchev–Trinajstić information content (AvgIpc) is 2.39. The number of benzene rings is 1. The second-order valence-electron chi connectivity index (χ2n) is 4.39. The first-order valence-electron chi connectivity index (χ1n) is 6.05. The van der Waals surface area contributed by atoms with Crippen LogP contribution < -0.4 is 10.5 Å². The van der Waals surface area contributed by atoms with Crippen LogP contribution in [0.2, 0.25) is 0 Å². The van der Waals surface area contributed by atoms with Gasteiger partial charge in [-0.2, -0.15) is 8.78 Å². The number of rotatable bonds is 4. The lowest BCUT2D eigenvalue weighted by Crippen LogP contribution is -2.28. The molecule has 1 atom stereocenters. The molecule has 1 saturated heterocycles. The molecule has 1 heterocycles. The van der Waals surface area contributed by atoms with Crippen molar-refractivity contribution in [3.05, 3.63) is 29.8 Å². The first kappa shape index (κ1) is 13.2. The Labute approximate surface area is 105 Å².